The molecule has 0 aliphatic rings. The first kappa shape index (κ1) is 17.7. The third kappa shape index (κ3) is 3.76. The fourth-order valence-corrected chi connectivity index (χ4v) is 3.31. The van der Waals surface area contributed by atoms with Crippen LogP contribution in [0.15, 0.2) is 54.0 Å². The Morgan fingerprint density at radius 1 is 1.23 bits per heavy atom. The van der Waals surface area contributed by atoms with Crippen molar-refractivity contribution in [3.8, 4) is 23.1 Å². The number of nitrogens with zero attached hydrogens (tertiary/aromatic N) is 2. The average molecular weight is 361 g/mol. The predicted octanol–water partition coefficient (Wildman–Crippen LogP) is 5.41. The first-order chi connectivity index (χ1) is 12.6. The summed E-state index contributed by atoms with van der Waals surface area (Å²) >= 11 is 1.45. The van der Waals surface area contributed by atoms with Gasteiger partial charge < -0.3 is 10.1 Å². The zero-order valence-electron chi connectivity index (χ0n) is 14.9. The summed E-state index contributed by atoms with van der Waals surface area (Å²) in [6.45, 7) is 4.12. The number of allylic oxidation sites excluding steroid dienone is 1. The smallest absolute Gasteiger partial charge is 0.136 e. The quantitative estimate of drug-likeness (QED) is 0.617. The standard InChI is InChI=1S/C21H19N3OS/c1-14-6-4-9-19(15(14)2)23-12-17(11-22)21-24-20(13-26-21)16-7-5-8-18(10-16)25-3/h4-10,12-13,23H,1-3H3/b17-12+. The second-order valence-electron chi connectivity index (χ2n) is 5.83. The predicted molar refractivity (Wildman–Crippen MR) is 107 cm³/mol. The van der Waals surface area contributed by atoms with Gasteiger partial charge >= 0.3 is 0 Å². The molecular formula is C21H19N3OS. The molecule has 0 aliphatic carbocycles. The molecule has 0 atom stereocenters. The van der Waals surface area contributed by atoms with E-state index in [4.69, 9.17) is 4.74 Å². The molecule has 5 heteroatoms. The lowest BCUT2D eigenvalue weighted by Crippen LogP contribution is -1.95. The Bertz CT molecular complexity index is 998. The summed E-state index contributed by atoms with van der Waals surface area (Å²) in [7, 11) is 1.64. The van der Waals surface area contributed by atoms with Gasteiger partial charge in [0.05, 0.1) is 12.8 Å². The number of ether oxygens (including phenoxy) is 1. The van der Waals surface area contributed by atoms with Gasteiger partial charge in [0.2, 0.25) is 0 Å². The molecule has 0 radical (unpaired) electrons. The van der Waals surface area contributed by atoms with Gasteiger partial charge in [-0.05, 0) is 43.2 Å². The summed E-state index contributed by atoms with van der Waals surface area (Å²) in [4.78, 5) is 4.61. The minimum absolute atomic E-state index is 0.505. The van der Waals surface area contributed by atoms with E-state index >= 15 is 0 Å². The average Bonchev–Trinajstić information content (AvgIpc) is 3.15. The molecule has 3 aromatic rings. The SMILES string of the molecule is COc1cccc(-c2csc(/C(C#N)=C/Nc3cccc(C)c3C)n2)c1. The van der Waals surface area contributed by atoms with Crippen LogP contribution in [0.25, 0.3) is 16.8 Å². The van der Waals surface area contributed by atoms with Crippen LogP contribution in [0.2, 0.25) is 0 Å². The maximum Gasteiger partial charge on any atom is 0.136 e. The van der Waals surface area contributed by atoms with Gasteiger partial charge in [0.1, 0.15) is 22.4 Å². The second-order valence-corrected chi connectivity index (χ2v) is 6.69. The van der Waals surface area contributed by atoms with Crippen LogP contribution >= 0.6 is 11.3 Å². The Morgan fingerprint density at radius 3 is 2.81 bits per heavy atom. The molecule has 0 bridgehead atoms. The minimum atomic E-state index is 0.505. The zero-order valence-corrected chi connectivity index (χ0v) is 15.7. The lowest BCUT2D eigenvalue weighted by Gasteiger charge is -2.08. The first-order valence-electron chi connectivity index (χ1n) is 8.15. The van der Waals surface area contributed by atoms with E-state index in [9.17, 15) is 5.26 Å². The summed E-state index contributed by atoms with van der Waals surface area (Å²) in [5.74, 6) is 0.782. The van der Waals surface area contributed by atoms with Crippen LogP contribution in [-0.2, 0) is 0 Å². The number of aromatic nitrogens is 1. The summed E-state index contributed by atoms with van der Waals surface area (Å²) < 4.78 is 5.26. The topological polar surface area (TPSA) is 57.9 Å². The Labute approximate surface area is 157 Å². The summed E-state index contributed by atoms with van der Waals surface area (Å²) in [5.41, 5.74) is 5.66. The number of hydrogen-bond acceptors (Lipinski definition) is 5. The minimum Gasteiger partial charge on any atom is -0.497 e. The summed E-state index contributed by atoms with van der Waals surface area (Å²) in [6.07, 6.45) is 1.72. The van der Waals surface area contributed by atoms with Crippen LogP contribution in [0.1, 0.15) is 16.1 Å². The van der Waals surface area contributed by atoms with Crippen LogP contribution in [0.5, 0.6) is 5.75 Å². The Kier molecular flexibility index (Phi) is 5.35. The summed E-state index contributed by atoms with van der Waals surface area (Å²) in [5, 5.41) is 15.4. The third-order valence-electron chi connectivity index (χ3n) is 4.20. The van der Waals surface area contributed by atoms with Crippen LogP contribution in [-0.4, -0.2) is 12.1 Å². The molecule has 3 rings (SSSR count). The Balaban J connectivity index is 1.86. The van der Waals surface area contributed by atoms with Gasteiger partial charge in [-0.2, -0.15) is 5.26 Å². The summed E-state index contributed by atoms with van der Waals surface area (Å²) in [6, 6.07) is 16.0. The van der Waals surface area contributed by atoms with Crippen molar-refractivity contribution in [2.45, 2.75) is 13.8 Å². The number of anilines is 1. The molecule has 4 nitrogen and oxygen atoms in total. The molecule has 1 aromatic heterocycles. The molecule has 0 spiro atoms. The van der Waals surface area contributed by atoms with Crippen LogP contribution < -0.4 is 10.1 Å². The van der Waals surface area contributed by atoms with E-state index in [0.717, 1.165) is 28.3 Å². The number of aryl methyl sites for hydroxylation is 1. The van der Waals surface area contributed by atoms with E-state index in [1.54, 1.807) is 13.3 Å². The Hall–Kier alpha value is -3.10. The van der Waals surface area contributed by atoms with Crippen LogP contribution in [0.3, 0.4) is 0 Å². The number of hydrogen-bond donors (Lipinski definition) is 1. The van der Waals surface area contributed by atoms with Gasteiger partial charge in [-0.1, -0.05) is 24.3 Å². The van der Waals surface area contributed by atoms with Gasteiger partial charge in [0, 0.05) is 22.8 Å². The van der Waals surface area contributed by atoms with Crippen molar-refractivity contribution < 1.29 is 4.74 Å². The van der Waals surface area contributed by atoms with E-state index in [1.165, 1.54) is 16.9 Å². The molecule has 0 saturated carbocycles. The van der Waals surface area contributed by atoms with E-state index in [-0.39, 0.29) is 0 Å². The van der Waals surface area contributed by atoms with Crippen molar-refractivity contribution in [1.29, 1.82) is 5.26 Å². The number of benzene rings is 2. The molecule has 0 aliphatic heterocycles. The van der Waals surface area contributed by atoms with Crippen LogP contribution in [0, 0.1) is 25.2 Å². The zero-order chi connectivity index (χ0) is 18.5. The first-order valence-corrected chi connectivity index (χ1v) is 9.03. The van der Waals surface area contributed by atoms with Crippen molar-refractivity contribution in [3.05, 3.63) is 70.2 Å². The highest BCUT2D eigenvalue weighted by Crippen LogP contribution is 2.28. The van der Waals surface area contributed by atoms with Gasteiger partial charge in [-0.3, -0.25) is 0 Å². The maximum atomic E-state index is 9.53. The van der Waals surface area contributed by atoms with Crippen molar-refractivity contribution in [3.63, 3.8) is 0 Å². The van der Waals surface area contributed by atoms with Crippen molar-refractivity contribution in [2.75, 3.05) is 12.4 Å². The molecule has 2 aromatic carbocycles. The van der Waals surface area contributed by atoms with Crippen molar-refractivity contribution in [2.24, 2.45) is 0 Å². The van der Waals surface area contributed by atoms with Crippen molar-refractivity contribution in [1.82, 2.24) is 4.98 Å². The highest BCUT2D eigenvalue weighted by molar-refractivity contribution is 7.11. The van der Waals surface area contributed by atoms with Gasteiger partial charge in [-0.25, -0.2) is 4.98 Å². The third-order valence-corrected chi connectivity index (χ3v) is 5.07. The molecule has 0 amide bonds. The lowest BCUT2D eigenvalue weighted by atomic mass is 10.1. The van der Waals surface area contributed by atoms with E-state index in [0.29, 0.717) is 10.6 Å². The largest absolute Gasteiger partial charge is 0.497 e. The number of thiazole rings is 1. The highest BCUT2D eigenvalue weighted by atomic mass is 32.1. The normalized spacial score (nSPS) is 11.1. The van der Waals surface area contributed by atoms with Gasteiger partial charge in [-0.15, -0.1) is 11.3 Å². The molecule has 1 N–H and O–H groups in total. The van der Waals surface area contributed by atoms with Gasteiger partial charge in [0.15, 0.2) is 0 Å². The van der Waals surface area contributed by atoms with E-state index in [1.807, 2.05) is 41.8 Å². The molecule has 0 unspecified atom stereocenters. The second kappa shape index (κ2) is 7.85. The molecule has 26 heavy (non-hydrogen) atoms. The molecule has 0 fully saturated rings. The number of methoxy groups -OCH3 is 1. The van der Waals surface area contributed by atoms with Crippen LogP contribution in [0.4, 0.5) is 5.69 Å². The monoisotopic (exact) mass is 361 g/mol. The lowest BCUT2D eigenvalue weighted by molar-refractivity contribution is 0.415. The number of nitriles is 1. The van der Waals surface area contributed by atoms with Crippen molar-refractivity contribution >= 4 is 22.6 Å². The fourth-order valence-electron chi connectivity index (χ4n) is 2.51. The number of nitrogens with one attached hydrogen (secondary N) is 1. The van der Waals surface area contributed by atoms with E-state index in [2.05, 4.69) is 36.3 Å². The Morgan fingerprint density at radius 2 is 2.04 bits per heavy atom. The van der Waals surface area contributed by atoms with Gasteiger partial charge in [0.25, 0.3) is 0 Å². The highest BCUT2D eigenvalue weighted by Gasteiger charge is 2.10. The molecule has 0 saturated heterocycles. The maximum absolute atomic E-state index is 9.53. The molecule has 130 valence electrons. The fraction of sp³-hybridized carbons (Fsp3) is 0.143. The molecular weight excluding hydrogens is 342 g/mol. The number of rotatable bonds is 5. The molecule has 1 heterocycles. The van der Waals surface area contributed by atoms with E-state index < -0.39 is 0 Å².